The average Bonchev–Trinajstić information content (AvgIpc) is 2.67. The summed E-state index contributed by atoms with van der Waals surface area (Å²) in [5.74, 6) is -0.0368. The first-order valence-corrected chi connectivity index (χ1v) is 11.8. The van der Waals surface area contributed by atoms with Crippen LogP contribution in [-0.2, 0) is 9.53 Å². The molecule has 0 radical (unpaired) electrons. The molecule has 0 heterocycles. The maximum Gasteiger partial charge on any atom is 0.305 e. The van der Waals surface area contributed by atoms with Gasteiger partial charge in [-0.05, 0) is 38.6 Å². The minimum Gasteiger partial charge on any atom is -0.466 e. The number of hydrogen-bond acceptors (Lipinski definition) is 4. The van der Waals surface area contributed by atoms with Crippen LogP contribution in [-0.4, -0.2) is 36.4 Å². The van der Waals surface area contributed by atoms with Gasteiger partial charge in [0.15, 0.2) is 0 Å². The minimum absolute atomic E-state index is 0.0368. The first kappa shape index (κ1) is 24.4. The van der Waals surface area contributed by atoms with Crippen LogP contribution in [0.15, 0.2) is 0 Å². The Labute approximate surface area is 167 Å². The predicted octanol–water partition coefficient (Wildman–Crippen LogP) is 5.51. The summed E-state index contributed by atoms with van der Waals surface area (Å²) in [6.45, 7) is 3.79. The summed E-state index contributed by atoms with van der Waals surface area (Å²) >= 11 is 0. The van der Waals surface area contributed by atoms with Crippen LogP contribution in [0.25, 0.3) is 0 Å². The van der Waals surface area contributed by atoms with Gasteiger partial charge in [0.2, 0.25) is 0 Å². The maximum atomic E-state index is 11.7. The Morgan fingerprint density at radius 2 is 1.52 bits per heavy atom. The lowest BCUT2D eigenvalue weighted by Crippen LogP contribution is -2.42. The molecule has 4 nitrogen and oxygen atoms in total. The Bertz CT molecular complexity index is 349. The zero-order chi connectivity index (χ0) is 19.6. The number of hydrogen-bond donors (Lipinski definition) is 2. The van der Waals surface area contributed by atoms with Crippen molar-refractivity contribution in [2.24, 2.45) is 0 Å². The molecule has 27 heavy (non-hydrogen) atoms. The third-order valence-electron chi connectivity index (χ3n) is 5.70. The van der Waals surface area contributed by atoms with Crippen molar-refractivity contribution in [3.05, 3.63) is 0 Å². The van der Waals surface area contributed by atoms with E-state index in [2.05, 4.69) is 12.2 Å². The SMILES string of the molecule is CCCCCCCCCCCOC(=O)CCCCCNC1CCCCC1O. The van der Waals surface area contributed by atoms with Gasteiger partial charge in [0.05, 0.1) is 12.7 Å². The number of nitrogens with one attached hydrogen (secondary N) is 1. The maximum absolute atomic E-state index is 11.7. The summed E-state index contributed by atoms with van der Waals surface area (Å²) in [4.78, 5) is 11.7. The number of carbonyl (C=O) groups is 1. The van der Waals surface area contributed by atoms with E-state index in [1.165, 1.54) is 57.8 Å². The normalized spacial score (nSPS) is 19.9. The highest BCUT2D eigenvalue weighted by atomic mass is 16.5. The van der Waals surface area contributed by atoms with E-state index < -0.39 is 0 Å². The molecule has 1 aliphatic carbocycles. The fourth-order valence-corrected chi connectivity index (χ4v) is 3.88. The third kappa shape index (κ3) is 14.1. The van der Waals surface area contributed by atoms with E-state index >= 15 is 0 Å². The van der Waals surface area contributed by atoms with Gasteiger partial charge in [-0.1, -0.05) is 77.6 Å². The molecule has 0 aromatic heterocycles. The van der Waals surface area contributed by atoms with Crippen molar-refractivity contribution in [2.45, 2.75) is 128 Å². The van der Waals surface area contributed by atoms with Crippen molar-refractivity contribution in [1.82, 2.24) is 5.32 Å². The second-order valence-electron chi connectivity index (χ2n) is 8.27. The second-order valence-corrected chi connectivity index (χ2v) is 8.27. The van der Waals surface area contributed by atoms with E-state index in [0.29, 0.717) is 13.0 Å². The van der Waals surface area contributed by atoms with Crippen LogP contribution >= 0.6 is 0 Å². The van der Waals surface area contributed by atoms with Gasteiger partial charge in [-0.2, -0.15) is 0 Å². The summed E-state index contributed by atoms with van der Waals surface area (Å²) in [6, 6.07) is 0.278. The van der Waals surface area contributed by atoms with Gasteiger partial charge in [-0.3, -0.25) is 4.79 Å². The molecule has 2 atom stereocenters. The Morgan fingerprint density at radius 3 is 2.22 bits per heavy atom. The zero-order valence-electron chi connectivity index (χ0n) is 17.9. The molecular weight excluding hydrogens is 338 g/mol. The van der Waals surface area contributed by atoms with E-state index in [0.717, 1.165) is 51.5 Å². The molecule has 1 aliphatic rings. The molecule has 1 saturated carbocycles. The van der Waals surface area contributed by atoms with Crippen LogP contribution in [0, 0.1) is 0 Å². The van der Waals surface area contributed by atoms with E-state index in [9.17, 15) is 9.90 Å². The van der Waals surface area contributed by atoms with Crippen LogP contribution in [0.4, 0.5) is 0 Å². The summed E-state index contributed by atoms with van der Waals surface area (Å²) in [6.07, 6.45) is 19.4. The molecule has 1 rings (SSSR count). The highest BCUT2D eigenvalue weighted by Crippen LogP contribution is 2.18. The molecule has 0 aromatic rings. The van der Waals surface area contributed by atoms with Crippen molar-refractivity contribution in [3.63, 3.8) is 0 Å². The largest absolute Gasteiger partial charge is 0.466 e. The predicted molar refractivity (Wildman–Crippen MR) is 113 cm³/mol. The monoisotopic (exact) mass is 383 g/mol. The molecule has 0 aromatic carbocycles. The number of esters is 1. The highest BCUT2D eigenvalue weighted by molar-refractivity contribution is 5.69. The van der Waals surface area contributed by atoms with Crippen LogP contribution in [0.5, 0.6) is 0 Å². The van der Waals surface area contributed by atoms with Crippen molar-refractivity contribution in [3.8, 4) is 0 Å². The van der Waals surface area contributed by atoms with Crippen LogP contribution in [0.1, 0.15) is 116 Å². The Balaban J connectivity index is 1.79. The van der Waals surface area contributed by atoms with Gasteiger partial charge in [0.25, 0.3) is 0 Å². The summed E-state index contributed by atoms with van der Waals surface area (Å²) in [5, 5.41) is 13.4. The summed E-state index contributed by atoms with van der Waals surface area (Å²) in [5.41, 5.74) is 0. The minimum atomic E-state index is -0.171. The van der Waals surface area contributed by atoms with Crippen molar-refractivity contribution in [2.75, 3.05) is 13.2 Å². The number of rotatable bonds is 17. The van der Waals surface area contributed by atoms with Crippen molar-refractivity contribution in [1.29, 1.82) is 0 Å². The molecule has 0 spiro atoms. The van der Waals surface area contributed by atoms with E-state index in [4.69, 9.17) is 4.74 Å². The Hall–Kier alpha value is -0.610. The van der Waals surface area contributed by atoms with Crippen molar-refractivity contribution >= 4 is 5.97 Å². The molecule has 0 aliphatic heterocycles. The molecule has 4 heteroatoms. The molecular formula is C23H45NO3. The molecule has 0 amide bonds. The summed E-state index contributed by atoms with van der Waals surface area (Å²) in [7, 11) is 0. The average molecular weight is 384 g/mol. The van der Waals surface area contributed by atoms with E-state index in [1.54, 1.807) is 0 Å². The topological polar surface area (TPSA) is 58.6 Å². The van der Waals surface area contributed by atoms with Crippen molar-refractivity contribution < 1.29 is 14.6 Å². The van der Waals surface area contributed by atoms with E-state index in [1.807, 2.05) is 0 Å². The quantitative estimate of drug-likeness (QED) is 0.257. The molecule has 0 saturated heterocycles. The summed E-state index contributed by atoms with van der Waals surface area (Å²) < 4.78 is 5.33. The van der Waals surface area contributed by atoms with Crippen LogP contribution in [0.2, 0.25) is 0 Å². The lowest BCUT2D eigenvalue weighted by atomic mass is 9.92. The Kier molecular flexibility index (Phi) is 15.8. The molecule has 1 fully saturated rings. The lowest BCUT2D eigenvalue weighted by molar-refractivity contribution is -0.143. The standard InChI is InChI=1S/C23H45NO3/c1-2-3-4-5-6-7-8-9-15-20-27-23(26)18-11-10-14-19-24-21-16-12-13-17-22(21)25/h21-22,24-25H,2-20H2,1H3. The second kappa shape index (κ2) is 17.5. The molecule has 0 bridgehead atoms. The fraction of sp³-hybridized carbons (Fsp3) is 0.957. The lowest BCUT2D eigenvalue weighted by Gasteiger charge is -2.28. The van der Waals surface area contributed by atoms with Crippen LogP contribution in [0.3, 0.4) is 0 Å². The van der Waals surface area contributed by atoms with Gasteiger partial charge in [-0.25, -0.2) is 0 Å². The van der Waals surface area contributed by atoms with Gasteiger partial charge < -0.3 is 15.2 Å². The fourth-order valence-electron chi connectivity index (χ4n) is 3.88. The van der Waals surface area contributed by atoms with E-state index in [-0.39, 0.29) is 18.1 Å². The van der Waals surface area contributed by atoms with Crippen LogP contribution < -0.4 is 5.32 Å². The Morgan fingerprint density at radius 1 is 0.889 bits per heavy atom. The number of ether oxygens (including phenoxy) is 1. The van der Waals surface area contributed by atoms with Gasteiger partial charge in [0.1, 0.15) is 0 Å². The third-order valence-corrected chi connectivity index (χ3v) is 5.70. The van der Waals surface area contributed by atoms with Gasteiger partial charge >= 0.3 is 5.97 Å². The highest BCUT2D eigenvalue weighted by Gasteiger charge is 2.21. The number of carbonyl (C=O) groups excluding carboxylic acids is 1. The first-order valence-electron chi connectivity index (χ1n) is 11.8. The van der Waals surface area contributed by atoms with Gasteiger partial charge in [-0.15, -0.1) is 0 Å². The number of aliphatic hydroxyl groups is 1. The zero-order valence-corrected chi connectivity index (χ0v) is 17.9. The number of aliphatic hydroxyl groups excluding tert-OH is 1. The molecule has 2 N–H and O–H groups in total. The molecule has 2 unspecified atom stereocenters. The first-order chi connectivity index (χ1) is 13.2. The van der Waals surface area contributed by atoms with Gasteiger partial charge in [0, 0.05) is 12.5 Å². The molecule has 160 valence electrons. The smallest absolute Gasteiger partial charge is 0.305 e. The number of unbranched alkanes of at least 4 members (excludes halogenated alkanes) is 10.